The van der Waals surface area contributed by atoms with Gasteiger partial charge in [0.15, 0.2) is 11.4 Å². The molecule has 0 saturated carbocycles. The second-order valence-electron chi connectivity index (χ2n) is 6.64. The summed E-state index contributed by atoms with van der Waals surface area (Å²) in [6.07, 6.45) is 4.61. The highest BCUT2D eigenvalue weighted by Crippen LogP contribution is 2.39. The lowest BCUT2D eigenvalue weighted by atomic mass is 10.0. The van der Waals surface area contributed by atoms with Crippen LogP contribution in [-0.4, -0.2) is 50.3 Å². The quantitative estimate of drug-likeness (QED) is 0.312. The number of benzene rings is 1. The van der Waals surface area contributed by atoms with E-state index in [0.29, 0.717) is 35.6 Å². The van der Waals surface area contributed by atoms with E-state index in [2.05, 4.69) is 4.98 Å². The van der Waals surface area contributed by atoms with Crippen LogP contribution in [0.3, 0.4) is 0 Å². The van der Waals surface area contributed by atoms with Crippen molar-refractivity contribution in [2.45, 2.75) is 13.8 Å². The second kappa shape index (κ2) is 9.39. The van der Waals surface area contributed by atoms with E-state index in [1.165, 1.54) is 6.20 Å². The Hall–Kier alpha value is -3.42. The first-order chi connectivity index (χ1) is 14.5. The van der Waals surface area contributed by atoms with Crippen LogP contribution in [0.2, 0.25) is 0 Å². The van der Waals surface area contributed by atoms with Crippen molar-refractivity contribution in [3.05, 3.63) is 54.2 Å². The SMILES string of the molecule is CCOC(=O)C(=CN1CCN(C)c2c1ccc(-c1cccnc1)c2F)C(=O)OCC. The molecule has 0 aliphatic carbocycles. The van der Waals surface area contributed by atoms with E-state index in [1.54, 1.807) is 62.5 Å². The Morgan fingerprint density at radius 2 is 1.83 bits per heavy atom. The number of carbonyl (C=O) groups is 2. The monoisotopic (exact) mass is 413 g/mol. The minimum absolute atomic E-state index is 0.123. The highest BCUT2D eigenvalue weighted by atomic mass is 19.1. The Labute approximate surface area is 174 Å². The summed E-state index contributed by atoms with van der Waals surface area (Å²) in [6.45, 7) is 4.51. The van der Waals surface area contributed by atoms with Gasteiger partial charge >= 0.3 is 11.9 Å². The third-order valence-corrected chi connectivity index (χ3v) is 4.71. The molecule has 1 aliphatic rings. The van der Waals surface area contributed by atoms with Crippen molar-refractivity contribution in [2.24, 2.45) is 0 Å². The molecule has 0 unspecified atom stereocenters. The molecule has 2 heterocycles. The van der Waals surface area contributed by atoms with Crippen LogP contribution >= 0.6 is 0 Å². The summed E-state index contributed by atoms with van der Waals surface area (Å²) in [5.74, 6) is -1.94. The number of esters is 2. The maximum atomic E-state index is 15.5. The number of carbonyl (C=O) groups excluding carboxylic acids is 2. The first-order valence-electron chi connectivity index (χ1n) is 9.74. The third-order valence-electron chi connectivity index (χ3n) is 4.71. The predicted octanol–water partition coefficient (Wildman–Crippen LogP) is 3.15. The van der Waals surface area contributed by atoms with Crippen LogP contribution < -0.4 is 9.80 Å². The first kappa shape index (κ1) is 21.3. The van der Waals surface area contributed by atoms with Gasteiger partial charge in [-0.1, -0.05) is 6.07 Å². The maximum absolute atomic E-state index is 15.5. The summed E-state index contributed by atoms with van der Waals surface area (Å²) >= 11 is 0. The van der Waals surface area contributed by atoms with Crippen LogP contribution in [0.15, 0.2) is 48.4 Å². The van der Waals surface area contributed by atoms with Gasteiger partial charge in [0.1, 0.15) is 0 Å². The zero-order valence-electron chi connectivity index (χ0n) is 17.2. The fourth-order valence-corrected chi connectivity index (χ4v) is 3.28. The molecule has 0 fully saturated rings. The number of aromatic nitrogens is 1. The fraction of sp³-hybridized carbons (Fsp3) is 0.318. The Balaban J connectivity index is 2.06. The van der Waals surface area contributed by atoms with E-state index in [1.807, 2.05) is 4.90 Å². The molecule has 0 amide bonds. The molecule has 3 rings (SSSR count). The number of pyridine rings is 1. The van der Waals surface area contributed by atoms with E-state index >= 15 is 4.39 Å². The van der Waals surface area contributed by atoms with Gasteiger partial charge < -0.3 is 19.3 Å². The maximum Gasteiger partial charge on any atom is 0.347 e. The van der Waals surface area contributed by atoms with Gasteiger partial charge in [0.2, 0.25) is 0 Å². The summed E-state index contributed by atoms with van der Waals surface area (Å²) in [5.41, 5.74) is 1.78. The Bertz CT molecular complexity index is 942. The summed E-state index contributed by atoms with van der Waals surface area (Å²) in [6, 6.07) is 6.97. The van der Waals surface area contributed by atoms with Gasteiger partial charge in [-0.05, 0) is 32.0 Å². The van der Waals surface area contributed by atoms with Crippen molar-refractivity contribution in [3.63, 3.8) is 0 Å². The number of likely N-dealkylation sites (N-methyl/N-ethyl adjacent to an activating group) is 1. The van der Waals surface area contributed by atoms with Gasteiger partial charge in [0, 0.05) is 49.9 Å². The number of anilines is 2. The average molecular weight is 413 g/mol. The van der Waals surface area contributed by atoms with Gasteiger partial charge in [0.05, 0.1) is 24.6 Å². The van der Waals surface area contributed by atoms with Crippen LogP contribution in [0.5, 0.6) is 0 Å². The standard InChI is InChI=1S/C22H24FN3O4/c1-4-29-21(27)17(22(28)30-5-2)14-26-12-11-25(3)20-18(26)9-8-16(19(20)23)15-7-6-10-24-13-15/h6-10,13-14H,4-5,11-12H2,1-3H3. The van der Waals surface area contributed by atoms with Gasteiger partial charge in [-0.15, -0.1) is 0 Å². The average Bonchev–Trinajstić information content (AvgIpc) is 2.74. The molecule has 0 bridgehead atoms. The van der Waals surface area contributed by atoms with Crippen molar-refractivity contribution < 1.29 is 23.5 Å². The highest BCUT2D eigenvalue weighted by Gasteiger charge is 2.28. The number of rotatable bonds is 6. The van der Waals surface area contributed by atoms with E-state index in [0.717, 1.165) is 0 Å². The third kappa shape index (κ3) is 4.27. The van der Waals surface area contributed by atoms with Gasteiger partial charge in [-0.3, -0.25) is 4.98 Å². The largest absolute Gasteiger partial charge is 0.462 e. The van der Waals surface area contributed by atoms with Gasteiger partial charge in [0.25, 0.3) is 0 Å². The molecule has 7 nitrogen and oxygen atoms in total. The molecule has 1 aromatic carbocycles. The van der Waals surface area contributed by atoms with Crippen molar-refractivity contribution in [1.29, 1.82) is 0 Å². The van der Waals surface area contributed by atoms with Gasteiger partial charge in [-0.2, -0.15) is 0 Å². The number of ether oxygens (including phenoxy) is 2. The minimum Gasteiger partial charge on any atom is -0.462 e. The number of nitrogens with zero attached hydrogens (tertiary/aromatic N) is 3. The van der Waals surface area contributed by atoms with Crippen LogP contribution in [0, 0.1) is 5.82 Å². The van der Waals surface area contributed by atoms with Crippen LogP contribution in [0.4, 0.5) is 15.8 Å². The molecule has 0 saturated heterocycles. The van der Waals surface area contributed by atoms with Crippen molar-refractivity contribution in [1.82, 2.24) is 4.98 Å². The molecule has 2 aromatic rings. The second-order valence-corrected chi connectivity index (χ2v) is 6.64. The lowest BCUT2D eigenvalue weighted by molar-refractivity contribution is -0.146. The predicted molar refractivity (Wildman–Crippen MR) is 112 cm³/mol. The van der Waals surface area contributed by atoms with Crippen LogP contribution in [-0.2, 0) is 19.1 Å². The molecule has 1 aromatic heterocycles. The fourth-order valence-electron chi connectivity index (χ4n) is 3.28. The van der Waals surface area contributed by atoms with E-state index in [9.17, 15) is 9.59 Å². The van der Waals surface area contributed by atoms with E-state index in [-0.39, 0.29) is 18.8 Å². The molecule has 0 atom stereocenters. The van der Waals surface area contributed by atoms with Crippen LogP contribution in [0.25, 0.3) is 11.1 Å². The topological polar surface area (TPSA) is 72.0 Å². The van der Waals surface area contributed by atoms with E-state index in [4.69, 9.17) is 9.47 Å². The summed E-state index contributed by atoms with van der Waals surface area (Å²) < 4.78 is 25.5. The first-order valence-corrected chi connectivity index (χ1v) is 9.74. The van der Waals surface area contributed by atoms with Crippen molar-refractivity contribution in [3.8, 4) is 11.1 Å². The smallest absolute Gasteiger partial charge is 0.347 e. The lowest BCUT2D eigenvalue weighted by Crippen LogP contribution is -2.38. The molecule has 0 N–H and O–H groups in total. The zero-order chi connectivity index (χ0) is 21.7. The van der Waals surface area contributed by atoms with Gasteiger partial charge in [-0.25, -0.2) is 14.0 Å². The van der Waals surface area contributed by atoms with E-state index < -0.39 is 17.8 Å². The molecule has 158 valence electrons. The summed E-state index contributed by atoms with van der Waals surface area (Å²) in [4.78, 5) is 32.2. The minimum atomic E-state index is -0.774. The molecule has 0 radical (unpaired) electrons. The van der Waals surface area contributed by atoms with Crippen molar-refractivity contribution in [2.75, 3.05) is 43.2 Å². The number of hydrogen-bond donors (Lipinski definition) is 0. The summed E-state index contributed by atoms with van der Waals surface area (Å²) in [5, 5.41) is 0. The molecule has 1 aliphatic heterocycles. The highest BCUT2D eigenvalue weighted by molar-refractivity contribution is 6.14. The van der Waals surface area contributed by atoms with Crippen molar-refractivity contribution >= 4 is 23.3 Å². The molecular weight excluding hydrogens is 389 g/mol. The Kier molecular flexibility index (Phi) is 6.66. The normalized spacial score (nSPS) is 12.8. The molecule has 8 heteroatoms. The number of fused-ring (bicyclic) bond motifs is 1. The number of halogens is 1. The lowest BCUT2D eigenvalue weighted by Gasteiger charge is -2.36. The molecule has 30 heavy (non-hydrogen) atoms. The molecular formula is C22H24FN3O4. The molecule has 0 spiro atoms. The Morgan fingerprint density at radius 3 is 2.43 bits per heavy atom. The number of hydrogen-bond acceptors (Lipinski definition) is 7. The zero-order valence-corrected chi connectivity index (χ0v) is 17.2. The Morgan fingerprint density at radius 1 is 1.13 bits per heavy atom. The summed E-state index contributed by atoms with van der Waals surface area (Å²) in [7, 11) is 1.80. The van der Waals surface area contributed by atoms with Crippen LogP contribution in [0.1, 0.15) is 13.8 Å².